The van der Waals surface area contributed by atoms with Gasteiger partial charge in [0.2, 0.25) is 0 Å². The van der Waals surface area contributed by atoms with E-state index in [0.717, 1.165) is 11.4 Å². The predicted molar refractivity (Wildman–Crippen MR) is 109 cm³/mol. The summed E-state index contributed by atoms with van der Waals surface area (Å²) in [6.07, 6.45) is -0.702. The average Bonchev–Trinajstić information content (AvgIpc) is 2.51. The van der Waals surface area contributed by atoms with Gasteiger partial charge in [0, 0.05) is 19.3 Å². The summed E-state index contributed by atoms with van der Waals surface area (Å²) in [6.45, 7) is 9.52. The van der Waals surface area contributed by atoms with E-state index in [1.165, 1.54) is 9.57 Å². The first kappa shape index (κ1) is 26.2. The Kier molecular flexibility index (Phi) is 11.0. The van der Waals surface area contributed by atoms with Crippen LogP contribution in [-0.4, -0.2) is 72.4 Å². The number of carbonyl (C=O) groups excluding carboxylic acids is 2. The van der Waals surface area contributed by atoms with Crippen LogP contribution in [0.15, 0.2) is 0 Å². The van der Waals surface area contributed by atoms with Gasteiger partial charge < -0.3 is 18.9 Å². The normalized spacial score (nSPS) is 15.4. The van der Waals surface area contributed by atoms with Crippen molar-refractivity contribution in [2.45, 2.75) is 66.2 Å². The van der Waals surface area contributed by atoms with Crippen LogP contribution in [0.2, 0.25) is 0 Å². The largest absolute Gasteiger partial charge is 0.462 e. The lowest BCUT2D eigenvalue weighted by Crippen LogP contribution is -2.37. The first-order valence-electron chi connectivity index (χ1n) is 9.00. The molecule has 0 bridgehead atoms. The van der Waals surface area contributed by atoms with Crippen LogP contribution >= 0.6 is 18.1 Å². The zero-order valence-electron chi connectivity index (χ0n) is 18.0. The standard InChI is InChI=1S/C17H35N2O6PS/c1-10-23-26(22,19(9)14(4)15(20)24-13(2)3)27-12-11-18(8)16(21)25-17(5,6)7/h13-14H,10-12H2,1-9H3/t14-,26?/m1/s1. The number of esters is 1. The van der Waals surface area contributed by atoms with Crippen molar-refractivity contribution >= 4 is 30.2 Å². The van der Waals surface area contributed by atoms with E-state index in [1.807, 2.05) is 0 Å². The lowest BCUT2D eigenvalue weighted by molar-refractivity contribution is -0.151. The summed E-state index contributed by atoms with van der Waals surface area (Å²) >= 11 is 1.09. The van der Waals surface area contributed by atoms with Gasteiger partial charge in [-0.25, -0.2) is 9.46 Å². The zero-order chi connectivity index (χ0) is 21.4. The molecular weight excluding hydrogens is 391 g/mol. The number of nitrogens with zero attached hydrogens (tertiary/aromatic N) is 2. The molecule has 8 nitrogen and oxygen atoms in total. The number of hydrogen-bond acceptors (Lipinski definition) is 7. The van der Waals surface area contributed by atoms with Gasteiger partial charge in [0.05, 0.1) is 12.7 Å². The Morgan fingerprint density at radius 1 is 1.15 bits per heavy atom. The van der Waals surface area contributed by atoms with Gasteiger partial charge in [-0.1, -0.05) is 11.4 Å². The third kappa shape index (κ3) is 9.83. The molecule has 0 aliphatic rings. The highest BCUT2D eigenvalue weighted by Crippen LogP contribution is 2.62. The van der Waals surface area contributed by atoms with Crippen LogP contribution in [-0.2, 0) is 23.4 Å². The molecule has 1 amide bonds. The molecule has 0 radical (unpaired) electrons. The Hall–Kier alpha value is -0.760. The SMILES string of the molecule is CCOP(=O)(SCCN(C)C(=O)OC(C)(C)C)N(C)[C@H](C)C(=O)OC(C)C. The molecule has 0 saturated carbocycles. The van der Waals surface area contributed by atoms with Gasteiger partial charge in [-0.2, -0.15) is 0 Å². The Morgan fingerprint density at radius 3 is 2.15 bits per heavy atom. The number of likely N-dealkylation sites (N-methyl/N-ethyl adjacent to an activating group) is 1. The molecule has 0 aliphatic heterocycles. The van der Waals surface area contributed by atoms with E-state index in [0.29, 0.717) is 12.3 Å². The van der Waals surface area contributed by atoms with E-state index in [1.54, 1.807) is 62.6 Å². The maximum Gasteiger partial charge on any atom is 0.410 e. The fourth-order valence-corrected chi connectivity index (χ4v) is 6.12. The second-order valence-electron chi connectivity index (χ2n) is 7.36. The molecule has 0 rings (SSSR count). The minimum absolute atomic E-state index is 0.239. The highest BCUT2D eigenvalue weighted by atomic mass is 32.7. The highest BCUT2D eigenvalue weighted by Gasteiger charge is 2.37. The topological polar surface area (TPSA) is 85.4 Å². The molecule has 0 fully saturated rings. The molecule has 0 N–H and O–H groups in total. The van der Waals surface area contributed by atoms with E-state index in [2.05, 4.69) is 0 Å². The van der Waals surface area contributed by atoms with E-state index in [9.17, 15) is 14.2 Å². The van der Waals surface area contributed by atoms with Crippen molar-refractivity contribution in [1.82, 2.24) is 9.57 Å². The van der Waals surface area contributed by atoms with E-state index in [4.69, 9.17) is 14.0 Å². The Balaban J connectivity index is 4.88. The second-order valence-corrected chi connectivity index (χ2v) is 12.0. The van der Waals surface area contributed by atoms with Gasteiger partial charge in [0.1, 0.15) is 11.6 Å². The third-order valence-electron chi connectivity index (χ3n) is 3.32. The summed E-state index contributed by atoms with van der Waals surface area (Å²) < 4.78 is 30.6. The smallest absolute Gasteiger partial charge is 0.410 e. The van der Waals surface area contributed by atoms with Gasteiger partial charge in [-0.15, -0.1) is 0 Å². The molecule has 0 aromatic heterocycles. The molecule has 10 heteroatoms. The summed E-state index contributed by atoms with van der Waals surface area (Å²) in [4.78, 5) is 25.5. The first-order chi connectivity index (χ1) is 12.2. The summed E-state index contributed by atoms with van der Waals surface area (Å²) in [6, 6.07) is -0.721. The van der Waals surface area contributed by atoms with Crippen LogP contribution < -0.4 is 0 Å². The Morgan fingerprint density at radius 2 is 1.70 bits per heavy atom. The number of ether oxygens (including phenoxy) is 2. The monoisotopic (exact) mass is 426 g/mol. The summed E-state index contributed by atoms with van der Waals surface area (Å²) in [5.74, 6) is -0.0950. The van der Waals surface area contributed by atoms with Crippen molar-refractivity contribution in [3.05, 3.63) is 0 Å². The molecule has 0 aromatic carbocycles. The summed E-state index contributed by atoms with van der Waals surface area (Å²) in [5.41, 5.74) is -0.578. The lowest BCUT2D eigenvalue weighted by atomic mass is 10.2. The quantitative estimate of drug-likeness (QED) is 0.383. The summed E-state index contributed by atoms with van der Waals surface area (Å²) in [7, 11) is 3.19. The van der Waals surface area contributed by atoms with Crippen molar-refractivity contribution in [2.24, 2.45) is 0 Å². The number of rotatable bonds is 10. The molecule has 1 unspecified atom stereocenters. The molecule has 27 heavy (non-hydrogen) atoms. The van der Waals surface area contributed by atoms with Crippen LogP contribution in [0.25, 0.3) is 0 Å². The van der Waals surface area contributed by atoms with E-state index < -0.39 is 30.4 Å². The average molecular weight is 427 g/mol. The second kappa shape index (κ2) is 11.3. The highest BCUT2D eigenvalue weighted by molar-refractivity contribution is 8.55. The minimum Gasteiger partial charge on any atom is -0.462 e. The van der Waals surface area contributed by atoms with E-state index >= 15 is 0 Å². The van der Waals surface area contributed by atoms with Crippen LogP contribution in [0.5, 0.6) is 0 Å². The predicted octanol–water partition coefficient (Wildman–Crippen LogP) is 4.00. The zero-order valence-corrected chi connectivity index (χ0v) is 19.7. The Labute approximate surface area is 167 Å². The molecule has 0 aliphatic carbocycles. The molecule has 0 saturated heterocycles. The number of hydrogen-bond donors (Lipinski definition) is 0. The van der Waals surface area contributed by atoms with Crippen LogP contribution in [0, 0.1) is 0 Å². The molecule has 160 valence electrons. The van der Waals surface area contributed by atoms with Gasteiger partial charge >= 0.3 is 18.8 Å². The lowest BCUT2D eigenvalue weighted by Gasteiger charge is -2.31. The molecule has 0 spiro atoms. The van der Waals surface area contributed by atoms with Crippen molar-refractivity contribution < 1.29 is 28.2 Å². The summed E-state index contributed by atoms with van der Waals surface area (Å²) in [5, 5.41) is 0. The van der Waals surface area contributed by atoms with Crippen LogP contribution in [0.1, 0.15) is 48.5 Å². The third-order valence-corrected chi connectivity index (χ3v) is 8.33. The number of amides is 1. The van der Waals surface area contributed by atoms with Crippen molar-refractivity contribution in [2.75, 3.05) is 33.0 Å². The van der Waals surface area contributed by atoms with Crippen molar-refractivity contribution in [3.63, 3.8) is 0 Å². The molecule has 0 aromatic rings. The van der Waals surface area contributed by atoms with E-state index in [-0.39, 0.29) is 12.7 Å². The van der Waals surface area contributed by atoms with Crippen molar-refractivity contribution in [3.8, 4) is 0 Å². The van der Waals surface area contributed by atoms with Crippen molar-refractivity contribution in [1.29, 1.82) is 0 Å². The van der Waals surface area contributed by atoms with Crippen LogP contribution in [0.3, 0.4) is 0 Å². The van der Waals surface area contributed by atoms with Gasteiger partial charge in [-0.3, -0.25) is 9.36 Å². The first-order valence-corrected chi connectivity index (χ1v) is 12.2. The maximum atomic E-state index is 13.2. The van der Waals surface area contributed by atoms with Gasteiger partial charge in [0.25, 0.3) is 0 Å². The van der Waals surface area contributed by atoms with Gasteiger partial charge in [-0.05, 0) is 55.5 Å². The molecule has 0 heterocycles. The number of carbonyl (C=O) groups is 2. The molecule has 2 atom stereocenters. The molecular formula is C17H35N2O6PS. The minimum atomic E-state index is -3.32. The van der Waals surface area contributed by atoms with Gasteiger partial charge in [0.15, 0.2) is 0 Å². The van der Waals surface area contributed by atoms with Crippen LogP contribution in [0.4, 0.5) is 4.79 Å². The fourth-order valence-electron chi connectivity index (χ4n) is 1.80. The Bertz CT molecular complexity index is 538. The fraction of sp³-hybridized carbons (Fsp3) is 0.882. The maximum absolute atomic E-state index is 13.2.